The number of hydrogen-bond donors (Lipinski definition) is 2. The zero-order valence-electron chi connectivity index (χ0n) is 20.5. The molecule has 0 radical (unpaired) electrons. The van der Waals surface area contributed by atoms with Gasteiger partial charge in [-0.15, -0.1) is 34.0 Å². The van der Waals surface area contributed by atoms with Gasteiger partial charge in [-0.05, 0) is 25.0 Å². The number of nitrogens with zero attached hydrogens (tertiary/aromatic N) is 2. The maximum atomic E-state index is 12.9. The molecule has 0 aromatic carbocycles. The molecule has 2 heterocycles. The number of pyridine rings is 2. The van der Waals surface area contributed by atoms with Gasteiger partial charge >= 0.3 is 12.4 Å². The molecule has 2 aromatic rings. The lowest BCUT2D eigenvalue weighted by molar-refractivity contribution is -0.138. The highest BCUT2D eigenvalue weighted by Gasteiger charge is 2.32. The lowest BCUT2D eigenvalue weighted by atomic mass is 10.1. The average Bonchev–Trinajstić information content (AvgIpc) is 2.78. The molecular formula is C24H32Br2Cl2F6N4. The zero-order valence-corrected chi connectivity index (χ0v) is 25.5. The van der Waals surface area contributed by atoms with E-state index in [0.717, 1.165) is 75.9 Å². The number of aryl methyl sites for hydroxylation is 2. The molecule has 2 N–H and O–H groups in total. The fraction of sp³-hybridized carbons (Fsp3) is 0.583. The molecule has 0 spiro atoms. The molecule has 2 aromatic heterocycles. The van der Waals surface area contributed by atoms with Crippen LogP contribution in [-0.2, 0) is 25.4 Å². The topological polar surface area (TPSA) is 57.6 Å². The average molecular weight is 721 g/mol. The molecular weight excluding hydrogens is 689 g/mol. The summed E-state index contributed by atoms with van der Waals surface area (Å²) in [5.74, 6) is 0. The second kappa shape index (κ2) is 17.0. The summed E-state index contributed by atoms with van der Waals surface area (Å²) in [5.41, 5.74) is -1.97. The van der Waals surface area contributed by atoms with Gasteiger partial charge in [0.05, 0.1) is 21.2 Å². The van der Waals surface area contributed by atoms with Crippen LogP contribution in [0.1, 0.15) is 75.3 Å². The third kappa shape index (κ3) is 12.0. The van der Waals surface area contributed by atoms with Gasteiger partial charge in [0.25, 0.3) is 0 Å². The van der Waals surface area contributed by atoms with E-state index in [2.05, 4.69) is 0 Å². The Morgan fingerprint density at radius 3 is 1.08 bits per heavy atom. The summed E-state index contributed by atoms with van der Waals surface area (Å²) in [7, 11) is 0. The molecule has 0 atom stereocenters. The minimum Gasteiger partial charge on any atom is -0.332 e. The normalized spacial score (nSPS) is 11.7. The summed E-state index contributed by atoms with van der Waals surface area (Å²) in [4.78, 5) is 0. The van der Waals surface area contributed by atoms with Gasteiger partial charge in [-0.3, -0.25) is 10.8 Å². The molecule has 0 saturated carbocycles. The van der Waals surface area contributed by atoms with Crippen LogP contribution < -0.4 is 11.0 Å². The highest BCUT2D eigenvalue weighted by atomic mass is 79.9. The molecule has 0 bridgehead atoms. The molecule has 218 valence electrons. The van der Waals surface area contributed by atoms with Crippen LogP contribution in [0.3, 0.4) is 0 Å². The van der Waals surface area contributed by atoms with Crippen molar-refractivity contribution in [1.82, 2.24) is 9.13 Å². The van der Waals surface area contributed by atoms with E-state index >= 15 is 0 Å². The molecule has 0 aliphatic rings. The van der Waals surface area contributed by atoms with E-state index in [1.54, 1.807) is 0 Å². The maximum absolute atomic E-state index is 12.9. The Kier molecular flexibility index (Phi) is 16.5. The van der Waals surface area contributed by atoms with Crippen molar-refractivity contribution in [2.45, 2.75) is 89.7 Å². The second-order valence-electron chi connectivity index (χ2n) is 8.77. The molecule has 0 fully saturated rings. The van der Waals surface area contributed by atoms with E-state index in [4.69, 9.17) is 34.0 Å². The number of halogens is 10. The number of hydrogen-bond acceptors (Lipinski definition) is 2. The number of nitrogens with one attached hydrogen (secondary N) is 2. The summed E-state index contributed by atoms with van der Waals surface area (Å²) < 4.78 is 80.0. The van der Waals surface area contributed by atoms with Crippen LogP contribution in [0.2, 0.25) is 10.0 Å². The zero-order chi connectivity index (χ0) is 26.9. The molecule has 0 amide bonds. The smallest absolute Gasteiger partial charge is 0.332 e. The first kappa shape index (κ1) is 37.0. The Labute approximate surface area is 248 Å². The van der Waals surface area contributed by atoms with Crippen LogP contribution in [-0.4, -0.2) is 9.13 Å². The number of unbranched alkanes of at least 4 members (excludes halogenated alkanes) is 9. The molecule has 2 rings (SSSR count). The number of alkyl halides is 6. The van der Waals surface area contributed by atoms with E-state index in [1.165, 1.54) is 9.13 Å². The highest BCUT2D eigenvalue weighted by Crippen LogP contribution is 2.30. The molecule has 0 aliphatic heterocycles. The van der Waals surface area contributed by atoms with E-state index < -0.39 is 23.5 Å². The monoisotopic (exact) mass is 718 g/mol. The first-order valence-corrected chi connectivity index (χ1v) is 12.6. The van der Waals surface area contributed by atoms with Crippen LogP contribution in [0.5, 0.6) is 0 Å². The first-order chi connectivity index (χ1) is 16.8. The highest BCUT2D eigenvalue weighted by molar-refractivity contribution is 8.93. The van der Waals surface area contributed by atoms with Gasteiger partial charge in [-0.2, -0.15) is 26.3 Å². The van der Waals surface area contributed by atoms with Crippen molar-refractivity contribution in [2.75, 3.05) is 0 Å². The third-order valence-electron chi connectivity index (χ3n) is 5.88. The van der Waals surface area contributed by atoms with Crippen molar-refractivity contribution < 1.29 is 26.3 Å². The van der Waals surface area contributed by atoms with Gasteiger partial charge in [0.1, 0.15) is 11.0 Å². The minimum atomic E-state index is -4.51. The first-order valence-electron chi connectivity index (χ1n) is 11.8. The van der Waals surface area contributed by atoms with Crippen molar-refractivity contribution >= 4 is 57.2 Å². The van der Waals surface area contributed by atoms with Crippen molar-refractivity contribution in [2.24, 2.45) is 0 Å². The van der Waals surface area contributed by atoms with Crippen molar-refractivity contribution in [3.8, 4) is 0 Å². The van der Waals surface area contributed by atoms with Gasteiger partial charge < -0.3 is 9.13 Å². The van der Waals surface area contributed by atoms with E-state index in [1.807, 2.05) is 0 Å². The van der Waals surface area contributed by atoms with Crippen LogP contribution in [0.25, 0.3) is 0 Å². The van der Waals surface area contributed by atoms with Gasteiger partial charge in [-0.1, -0.05) is 74.6 Å². The van der Waals surface area contributed by atoms with E-state index in [-0.39, 0.29) is 55.0 Å². The number of aromatic nitrogens is 2. The molecule has 0 aliphatic carbocycles. The predicted octanol–water partition coefficient (Wildman–Crippen LogP) is 9.35. The molecule has 4 nitrogen and oxygen atoms in total. The largest absolute Gasteiger partial charge is 0.417 e. The lowest BCUT2D eigenvalue weighted by Crippen LogP contribution is -2.23. The summed E-state index contributed by atoms with van der Waals surface area (Å²) in [6.07, 6.45) is 1.79. The Morgan fingerprint density at radius 1 is 0.553 bits per heavy atom. The van der Waals surface area contributed by atoms with Crippen LogP contribution in [0, 0.1) is 10.8 Å². The Balaban J connectivity index is 0.00000684. The number of rotatable bonds is 13. The summed E-state index contributed by atoms with van der Waals surface area (Å²) >= 11 is 11.5. The van der Waals surface area contributed by atoms with Crippen LogP contribution in [0.4, 0.5) is 26.3 Å². The molecule has 0 unspecified atom stereocenters. The SMILES string of the molecule is Br.Br.N=c1c(Cl)cc(C(F)(F)F)cn1CCCCCCCCCCCCn1cc(C(F)(F)F)cc(Cl)c1=N. The Bertz CT molecular complexity index is 1030. The van der Waals surface area contributed by atoms with Crippen molar-refractivity contribution in [1.29, 1.82) is 10.8 Å². The van der Waals surface area contributed by atoms with E-state index in [9.17, 15) is 26.3 Å². The van der Waals surface area contributed by atoms with E-state index in [0.29, 0.717) is 25.9 Å². The lowest BCUT2D eigenvalue weighted by Gasteiger charge is -2.13. The Hall–Kier alpha value is -0.980. The quantitative estimate of drug-likeness (QED) is 0.153. The Morgan fingerprint density at radius 2 is 0.816 bits per heavy atom. The molecule has 0 saturated heterocycles. The summed E-state index contributed by atoms with van der Waals surface area (Å²) in [6.45, 7) is 0.606. The fourth-order valence-corrected chi connectivity index (χ4v) is 4.32. The fourth-order valence-electron chi connectivity index (χ4n) is 3.86. The van der Waals surface area contributed by atoms with Crippen molar-refractivity contribution in [3.05, 3.63) is 56.7 Å². The minimum absolute atomic E-state index is 0. The summed E-state index contributed by atoms with van der Waals surface area (Å²) in [6, 6.07) is 1.54. The van der Waals surface area contributed by atoms with Gasteiger partial charge in [0.15, 0.2) is 0 Å². The van der Waals surface area contributed by atoms with Gasteiger partial charge in [-0.25, -0.2) is 0 Å². The third-order valence-corrected chi connectivity index (χ3v) is 6.46. The van der Waals surface area contributed by atoms with Crippen LogP contribution in [0.15, 0.2) is 24.5 Å². The predicted molar refractivity (Wildman–Crippen MR) is 147 cm³/mol. The maximum Gasteiger partial charge on any atom is 0.417 e. The summed E-state index contributed by atoms with van der Waals surface area (Å²) in [5, 5.41) is 15.2. The van der Waals surface area contributed by atoms with Crippen LogP contribution >= 0.6 is 57.2 Å². The molecule has 38 heavy (non-hydrogen) atoms. The van der Waals surface area contributed by atoms with Crippen molar-refractivity contribution in [3.63, 3.8) is 0 Å². The second-order valence-corrected chi connectivity index (χ2v) is 9.58. The van der Waals surface area contributed by atoms with Gasteiger partial charge in [0.2, 0.25) is 0 Å². The molecule has 14 heteroatoms. The van der Waals surface area contributed by atoms with Gasteiger partial charge in [0, 0.05) is 25.5 Å². The standard InChI is InChI=1S/C24H30Cl2F6N4.2BrH/c25-19-13-17(23(27,28)29)15-35(21(19)33)11-9-7-5-3-1-2-4-6-8-10-12-36-16-18(24(30,31)32)14-20(26)22(36)34;;/h13-16,33-34H,1-12H2;2*1H.